The topological polar surface area (TPSA) is 109 Å². The van der Waals surface area contributed by atoms with Crippen molar-refractivity contribution in [1.29, 1.82) is 0 Å². The number of cyclic esters (lactones) is 1. The second-order valence-electron chi connectivity index (χ2n) is 11.0. The number of carbonyl (C=O) groups is 2. The highest BCUT2D eigenvalue weighted by Gasteiger charge is 2.72. The lowest BCUT2D eigenvalue weighted by molar-refractivity contribution is -0.183. The van der Waals surface area contributed by atoms with Crippen LogP contribution < -0.4 is 0 Å². The van der Waals surface area contributed by atoms with Gasteiger partial charge in [-0.2, -0.15) is 13.2 Å². The minimum Gasteiger partial charge on any atom is -0.458 e. The molecule has 0 radical (unpaired) electrons. The summed E-state index contributed by atoms with van der Waals surface area (Å²) in [6, 6.07) is 0. The maximum atomic E-state index is 14.1. The number of aliphatic hydroxyl groups is 2. The molecule has 7 unspecified atom stereocenters. The summed E-state index contributed by atoms with van der Waals surface area (Å²) in [5, 5.41) is 24.1. The van der Waals surface area contributed by atoms with Crippen molar-refractivity contribution in [3.05, 3.63) is 33.8 Å². The van der Waals surface area contributed by atoms with E-state index in [-0.39, 0.29) is 6.42 Å². The average molecular weight is 560 g/mol. The number of halogens is 3. The van der Waals surface area contributed by atoms with Crippen LogP contribution in [0.3, 0.4) is 0 Å². The summed E-state index contributed by atoms with van der Waals surface area (Å²) >= 11 is 1.41. The summed E-state index contributed by atoms with van der Waals surface area (Å²) in [5.74, 6) is -2.91. The van der Waals surface area contributed by atoms with Crippen molar-refractivity contribution in [2.24, 2.45) is 17.3 Å². The van der Waals surface area contributed by atoms with Crippen LogP contribution in [0.25, 0.3) is 6.08 Å². The Morgan fingerprint density at radius 2 is 1.89 bits per heavy atom. The zero-order valence-corrected chi connectivity index (χ0v) is 23.2. The largest absolute Gasteiger partial charge is 0.458 e. The van der Waals surface area contributed by atoms with Crippen LogP contribution in [0.1, 0.15) is 64.6 Å². The zero-order valence-electron chi connectivity index (χ0n) is 22.4. The van der Waals surface area contributed by atoms with E-state index in [2.05, 4.69) is 4.98 Å². The van der Waals surface area contributed by atoms with Crippen molar-refractivity contribution >= 4 is 29.2 Å². The lowest BCUT2D eigenvalue weighted by Gasteiger charge is -2.34. The summed E-state index contributed by atoms with van der Waals surface area (Å²) in [5.41, 5.74) is -2.77. The van der Waals surface area contributed by atoms with E-state index in [9.17, 15) is 33.0 Å². The summed E-state index contributed by atoms with van der Waals surface area (Å²) in [7, 11) is 0. The zero-order chi connectivity index (χ0) is 28.6. The van der Waals surface area contributed by atoms with Crippen molar-refractivity contribution in [2.75, 3.05) is 0 Å². The van der Waals surface area contributed by atoms with Gasteiger partial charge in [0.2, 0.25) is 0 Å². The van der Waals surface area contributed by atoms with Gasteiger partial charge in [-0.05, 0) is 25.5 Å². The molecule has 212 valence electrons. The first kappa shape index (κ1) is 30.5. The molecule has 2 aliphatic heterocycles. The van der Waals surface area contributed by atoms with E-state index in [1.54, 1.807) is 25.3 Å². The molecule has 2 N–H and O–H groups in total. The molecule has 38 heavy (non-hydrogen) atoms. The monoisotopic (exact) mass is 559 g/mol. The number of aryl methyl sites for hydroxylation is 1. The molecule has 0 saturated carbocycles. The van der Waals surface area contributed by atoms with Crippen molar-refractivity contribution < 1.29 is 42.4 Å². The minimum absolute atomic E-state index is 0.252. The Morgan fingerprint density at radius 1 is 1.24 bits per heavy atom. The highest BCUT2D eigenvalue weighted by atomic mass is 32.1. The number of Topliss-reactive ketones (excluding diaryl/α,β-unsaturated/α-hetero) is 1. The molecule has 0 aromatic carbocycles. The lowest BCUT2D eigenvalue weighted by Crippen LogP contribution is -2.45. The van der Waals surface area contributed by atoms with E-state index in [0.29, 0.717) is 11.3 Å². The van der Waals surface area contributed by atoms with Gasteiger partial charge in [0.25, 0.3) is 0 Å². The fraction of sp³-hybridized carbons (Fsp3) is 0.667. The molecule has 0 aliphatic carbocycles. The molecule has 7 nitrogen and oxygen atoms in total. The fourth-order valence-electron chi connectivity index (χ4n) is 4.85. The normalized spacial score (nSPS) is 36.3. The third-order valence-electron chi connectivity index (χ3n) is 7.67. The van der Waals surface area contributed by atoms with E-state index in [4.69, 9.17) is 9.47 Å². The van der Waals surface area contributed by atoms with Crippen LogP contribution in [-0.2, 0) is 19.1 Å². The number of esters is 1. The van der Waals surface area contributed by atoms with Gasteiger partial charge >= 0.3 is 12.1 Å². The van der Waals surface area contributed by atoms with Crippen LogP contribution in [0.5, 0.6) is 0 Å². The number of nitrogens with zero attached hydrogens (tertiary/aromatic N) is 1. The van der Waals surface area contributed by atoms with Crippen LogP contribution in [0.2, 0.25) is 0 Å². The van der Waals surface area contributed by atoms with Gasteiger partial charge in [0.15, 0.2) is 5.60 Å². The maximum Gasteiger partial charge on any atom is 0.420 e. The number of aromatic nitrogens is 1. The predicted octanol–water partition coefficient (Wildman–Crippen LogP) is 4.80. The van der Waals surface area contributed by atoms with Crippen LogP contribution in [0.4, 0.5) is 13.2 Å². The predicted molar refractivity (Wildman–Crippen MR) is 136 cm³/mol. The Hall–Kier alpha value is -2.08. The number of carbonyl (C=O) groups excluding carboxylic acids is 2. The number of fused-ring (bicyclic) bond motifs is 1. The van der Waals surface area contributed by atoms with Crippen LogP contribution in [-0.4, -0.2) is 63.1 Å². The third-order valence-corrected chi connectivity index (χ3v) is 8.46. The van der Waals surface area contributed by atoms with Gasteiger partial charge in [-0.25, -0.2) is 4.98 Å². The first-order valence-corrected chi connectivity index (χ1v) is 13.5. The maximum absolute atomic E-state index is 14.1. The smallest absolute Gasteiger partial charge is 0.420 e. The second kappa shape index (κ2) is 11.2. The number of ketones is 1. The Morgan fingerprint density at radius 3 is 2.47 bits per heavy atom. The van der Waals surface area contributed by atoms with Gasteiger partial charge in [-0.3, -0.25) is 9.59 Å². The van der Waals surface area contributed by atoms with Crippen molar-refractivity contribution in [1.82, 2.24) is 4.98 Å². The fourth-order valence-corrected chi connectivity index (χ4v) is 5.42. The Kier molecular flexibility index (Phi) is 8.97. The number of hydrogen-bond donors (Lipinski definition) is 2. The van der Waals surface area contributed by atoms with Gasteiger partial charge < -0.3 is 19.7 Å². The SMILES string of the molecule is C/C(=C\c1csc(C)n1)C1CC2OC2(C(F)(F)F)C/C=C\C(C)C(O)C(C)C(=O)C(C)(C)C(O)CC(=O)O1. The molecule has 1 aromatic rings. The van der Waals surface area contributed by atoms with Gasteiger partial charge in [-0.15, -0.1) is 11.3 Å². The first-order chi connectivity index (χ1) is 17.5. The van der Waals surface area contributed by atoms with Crippen molar-refractivity contribution in [2.45, 2.75) is 97.0 Å². The number of alkyl halides is 3. The third kappa shape index (κ3) is 6.38. The van der Waals surface area contributed by atoms with E-state index in [1.807, 2.05) is 6.92 Å². The molecule has 0 amide bonds. The Bertz CT molecular complexity index is 1100. The average Bonchev–Trinajstić information content (AvgIpc) is 3.38. The number of hydrogen-bond acceptors (Lipinski definition) is 8. The van der Waals surface area contributed by atoms with Gasteiger partial charge in [-0.1, -0.05) is 39.8 Å². The molecule has 3 heterocycles. The number of epoxide rings is 1. The number of rotatable bonds is 2. The van der Waals surface area contributed by atoms with Gasteiger partial charge in [0.1, 0.15) is 18.0 Å². The summed E-state index contributed by atoms with van der Waals surface area (Å²) in [6.07, 6.45) is -6.53. The van der Waals surface area contributed by atoms with E-state index in [0.717, 1.165) is 5.01 Å². The molecular weight excluding hydrogens is 523 g/mol. The molecule has 1 fully saturated rings. The molecule has 11 heteroatoms. The molecule has 2 aliphatic rings. The van der Waals surface area contributed by atoms with Gasteiger partial charge in [0.05, 0.1) is 34.7 Å². The van der Waals surface area contributed by atoms with Crippen LogP contribution in [0.15, 0.2) is 23.1 Å². The highest BCUT2D eigenvalue weighted by molar-refractivity contribution is 7.09. The molecule has 1 aromatic heterocycles. The molecule has 1 saturated heterocycles. The highest BCUT2D eigenvalue weighted by Crippen LogP contribution is 2.54. The molecule has 3 rings (SSSR count). The Balaban J connectivity index is 1.98. The molecular formula is C27H36F3NO6S. The summed E-state index contributed by atoms with van der Waals surface area (Å²) < 4.78 is 53.2. The van der Waals surface area contributed by atoms with Gasteiger partial charge in [0, 0.05) is 30.1 Å². The minimum atomic E-state index is -4.68. The van der Waals surface area contributed by atoms with Crippen LogP contribution >= 0.6 is 11.3 Å². The summed E-state index contributed by atoms with van der Waals surface area (Å²) in [6.45, 7) is 9.53. The first-order valence-electron chi connectivity index (χ1n) is 12.6. The molecule has 0 bridgehead atoms. The quantitative estimate of drug-likeness (QED) is 0.305. The number of ether oxygens (including phenoxy) is 2. The van der Waals surface area contributed by atoms with E-state index in [1.165, 1.54) is 44.3 Å². The molecule has 0 spiro atoms. The number of aliphatic hydroxyl groups excluding tert-OH is 2. The molecule has 7 atom stereocenters. The Labute approximate surface area is 224 Å². The van der Waals surface area contributed by atoms with E-state index >= 15 is 0 Å². The standard InChI is InChI=1S/C27H36F3NO6S/c1-14-8-7-9-26(27(28,29)30)21(37-26)11-19(15(2)10-18-13-38-17(4)31-18)36-22(33)12-20(32)25(5,6)24(35)16(3)23(14)34/h7-8,10,13-14,16,19-21,23,32,34H,9,11-12H2,1-6H3/b8-7-,15-10+. The van der Waals surface area contributed by atoms with Crippen molar-refractivity contribution in [3.8, 4) is 0 Å². The van der Waals surface area contributed by atoms with E-state index < -0.39 is 78.0 Å². The second-order valence-corrected chi connectivity index (χ2v) is 12.0. The van der Waals surface area contributed by atoms with Crippen molar-refractivity contribution in [3.63, 3.8) is 0 Å². The lowest BCUT2D eigenvalue weighted by atomic mass is 9.73. The van der Waals surface area contributed by atoms with Crippen LogP contribution in [0, 0.1) is 24.2 Å². The summed E-state index contributed by atoms with van der Waals surface area (Å²) in [4.78, 5) is 30.4. The number of thiazole rings is 1.